The molecule has 24 heavy (non-hydrogen) atoms. The molecule has 2 aromatic rings. The van der Waals surface area contributed by atoms with Crippen molar-refractivity contribution in [2.45, 2.75) is 32.4 Å². The van der Waals surface area contributed by atoms with Crippen LogP contribution in [-0.4, -0.2) is 15.3 Å². The molecule has 1 aromatic carbocycles. The van der Waals surface area contributed by atoms with E-state index < -0.39 is 10.6 Å². The number of nitro groups is 1. The first kappa shape index (κ1) is 16.2. The van der Waals surface area contributed by atoms with Gasteiger partial charge in [-0.05, 0) is 24.5 Å². The molecule has 1 aliphatic heterocycles. The molecule has 0 aliphatic carbocycles. The first-order chi connectivity index (χ1) is 11.5. The Balaban J connectivity index is 2.07. The number of rotatable bonds is 4. The van der Waals surface area contributed by atoms with Crippen molar-refractivity contribution in [3.8, 4) is 0 Å². The summed E-state index contributed by atoms with van der Waals surface area (Å²) in [5.74, 6) is 0. The van der Waals surface area contributed by atoms with E-state index in [0.29, 0.717) is 14.9 Å². The van der Waals surface area contributed by atoms with Crippen LogP contribution in [-0.2, 0) is 0 Å². The highest BCUT2D eigenvalue weighted by Crippen LogP contribution is 2.14. The van der Waals surface area contributed by atoms with Gasteiger partial charge in [0.2, 0.25) is 4.80 Å². The second-order valence-electron chi connectivity index (χ2n) is 5.51. The van der Waals surface area contributed by atoms with E-state index in [9.17, 15) is 14.9 Å². The van der Waals surface area contributed by atoms with Gasteiger partial charge in [0, 0.05) is 12.1 Å². The lowest BCUT2D eigenvalue weighted by molar-refractivity contribution is -0.384. The van der Waals surface area contributed by atoms with Gasteiger partial charge >= 0.3 is 0 Å². The van der Waals surface area contributed by atoms with E-state index in [0.717, 1.165) is 12.8 Å². The number of thiazole rings is 1. The van der Waals surface area contributed by atoms with Gasteiger partial charge in [0.05, 0.1) is 9.46 Å². The van der Waals surface area contributed by atoms with Crippen molar-refractivity contribution < 1.29 is 4.92 Å². The number of hydrogen-bond acceptors (Lipinski definition) is 7. The van der Waals surface area contributed by atoms with Gasteiger partial charge in [-0.15, -0.1) is 5.10 Å². The van der Waals surface area contributed by atoms with E-state index in [1.165, 1.54) is 28.1 Å². The molecule has 2 N–H and O–H groups in total. The van der Waals surface area contributed by atoms with Gasteiger partial charge in [0.25, 0.3) is 11.2 Å². The van der Waals surface area contributed by atoms with Gasteiger partial charge < -0.3 is 0 Å². The average Bonchev–Trinajstić information content (AvgIpc) is 2.90. The Morgan fingerprint density at radius 3 is 2.83 bits per heavy atom. The molecule has 9 heteroatoms. The zero-order valence-corrected chi connectivity index (χ0v) is 14.1. The number of aromatic nitrogens is 1. The Morgan fingerprint density at radius 1 is 1.42 bits per heavy atom. The second kappa shape index (κ2) is 6.08. The summed E-state index contributed by atoms with van der Waals surface area (Å²) in [6.45, 7) is 4.02. The van der Waals surface area contributed by atoms with Crippen molar-refractivity contribution in [3.63, 3.8) is 0 Å². The van der Waals surface area contributed by atoms with E-state index in [-0.39, 0.29) is 11.2 Å². The number of non-ortho nitro benzene ring substituents is 1. The number of nitrogens with one attached hydrogen (secondary N) is 2. The van der Waals surface area contributed by atoms with Gasteiger partial charge in [0.15, 0.2) is 0 Å². The maximum atomic E-state index is 12.6. The Hall–Kier alpha value is -2.68. The predicted molar refractivity (Wildman–Crippen MR) is 91.8 cm³/mol. The molecule has 0 fully saturated rings. The average molecular weight is 347 g/mol. The number of nitro benzene ring substituents is 1. The monoisotopic (exact) mass is 347 g/mol. The van der Waals surface area contributed by atoms with Crippen LogP contribution < -0.4 is 25.7 Å². The number of nitrogens with zero attached hydrogens (tertiary/aromatic N) is 3. The first-order valence-electron chi connectivity index (χ1n) is 7.59. The Labute approximate surface area is 141 Å². The van der Waals surface area contributed by atoms with Gasteiger partial charge in [-0.25, -0.2) is 0 Å². The maximum Gasteiger partial charge on any atom is 0.289 e. The van der Waals surface area contributed by atoms with Crippen LogP contribution in [0.15, 0.2) is 34.2 Å². The van der Waals surface area contributed by atoms with Crippen LogP contribution in [0.5, 0.6) is 0 Å². The molecule has 0 unspecified atom stereocenters. The molecule has 8 nitrogen and oxygen atoms in total. The molecule has 126 valence electrons. The Kier molecular flexibility index (Phi) is 4.10. The zero-order valence-electron chi connectivity index (χ0n) is 13.3. The van der Waals surface area contributed by atoms with Crippen molar-refractivity contribution >= 4 is 23.1 Å². The fraction of sp³-hybridized carbons (Fsp3) is 0.333. The zero-order chi connectivity index (χ0) is 17.3. The van der Waals surface area contributed by atoms with E-state index in [1.54, 1.807) is 18.2 Å². The number of fused-ring (bicyclic) bond motifs is 1. The van der Waals surface area contributed by atoms with Crippen molar-refractivity contribution in [1.82, 2.24) is 10.1 Å². The van der Waals surface area contributed by atoms with Gasteiger partial charge in [-0.1, -0.05) is 37.3 Å². The van der Waals surface area contributed by atoms with Crippen LogP contribution in [0.2, 0.25) is 0 Å². The fourth-order valence-corrected chi connectivity index (χ4v) is 3.37. The van der Waals surface area contributed by atoms with Crippen LogP contribution in [0.3, 0.4) is 0 Å². The highest BCUT2D eigenvalue weighted by atomic mass is 32.1. The molecule has 0 atom stereocenters. The van der Waals surface area contributed by atoms with E-state index >= 15 is 0 Å². The molecule has 0 saturated heterocycles. The third-order valence-electron chi connectivity index (χ3n) is 4.08. The van der Waals surface area contributed by atoms with Crippen molar-refractivity contribution in [2.75, 3.05) is 5.43 Å². The highest BCUT2D eigenvalue weighted by molar-refractivity contribution is 7.07. The minimum atomic E-state index is -0.457. The van der Waals surface area contributed by atoms with Crippen LogP contribution in [0, 0.1) is 10.1 Å². The number of benzene rings is 1. The second-order valence-corrected chi connectivity index (χ2v) is 6.52. The molecule has 1 aliphatic rings. The molecule has 0 radical (unpaired) electrons. The quantitative estimate of drug-likeness (QED) is 0.630. The lowest BCUT2D eigenvalue weighted by atomic mass is 10.1. The van der Waals surface area contributed by atoms with Crippen molar-refractivity contribution in [2.24, 2.45) is 5.10 Å². The molecule has 3 rings (SSSR count). The maximum absolute atomic E-state index is 12.6. The standard InChI is InChI=1S/C15H17N5O3S/c1-3-15(4-2)17-16-14-19(18-15)13(21)12(24-14)9-10-6-5-7-11(8-10)20(22)23/h5-9,17-18H,3-4H2,1-2H3/b12-9-. The summed E-state index contributed by atoms with van der Waals surface area (Å²) >= 11 is 1.23. The normalized spacial score (nSPS) is 15.8. The third kappa shape index (κ3) is 2.78. The van der Waals surface area contributed by atoms with E-state index in [2.05, 4.69) is 16.0 Å². The highest BCUT2D eigenvalue weighted by Gasteiger charge is 2.29. The van der Waals surface area contributed by atoms with Crippen LogP contribution in [0.25, 0.3) is 6.08 Å². The minimum Gasteiger partial charge on any atom is -0.294 e. The lowest BCUT2D eigenvalue weighted by Crippen LogP contribution is -2.60. The molecular weight excluding hydrogens is 330 g/mol. The van der Waals surface area contributed by atoms with Crippen LogP contribution in [0.4, 0.5) is 5.69 Å². The Bertz CT molecular complexity index is 958. The number of hydrogen-bond donors (Lipinski definition) is 2. The fourth-order valence-electron chi connectivity index (χ4n) is 2.49. The van der Waals surface area contributed by atoms with Gasteiger partial charge in [-0.2, -0.15) is 4.68 Å². The molecule has 0 amide bonds. The van der Waals surface area contributed by atoms with Crippen LogP contribution >= 0.6 is 11.3 Å². The molecular formula is C15H17N5O3S. The summed E-state index contributed by atoms with van der Waals surface area (Å²) in [4.78, 5) is 23.5. The smallest absolute Gasteiger partial charge is 0.289 e. The SMILES string of the molecule is CCC1(CC)NN=c2s/c(=C\c3cccc([N+](=O)[O-])c3)c(=O)n2N1. The molecule has 2 heterocycles. The Morgan fingerprint density at radius 2 is 2.17 bits per heavy atom. The third-order valence-corrected chi connectivity index (χ3v) is 5.05. The molecule has 0 saturated carbocycles. The summed E-state index contributed by atoms with van der Waals surface area (Å²) < 4.78 is 1.91. The van der Waals surface area contributed by atoms with Gasteiger partial charge in [0.1, 0.15) is 5.66 Å². The van der Waals surface area contributed by atoms with Crippen molar-refractivity contribution in [1.29, 1.82) is 0 Å². The van der Waals surface area contributed by atoms with Crippen molar-refractivity contribution in [3.05, 3.63) is 59.6 Å². The minimum absolute atomic E-state index is 0.00867. The first-order valence-corrected chi connectivity index (χ1v) is 8.41. The van der Waals surface area contributed by atoms with E-state index in [4.69, 9.17) is 0 Å². The van der Waals surface area contributed by atoms with Gasteiger partial charge in [-0.3, -0.25) is 25.8 Å². The topological polar surface area (TPSA) is 102 Å². The largest absolute Gasteiger partial charge is 0.294 e. The summed E-state index contributed by atoms with van der Waals surface area (Å²) in [6, 6.07) is 6.18. The lowest BCUT2D eigenvalue weighted by Gasteiger charge is -2.35. The predicted octanol–water partition coefficient (Wildman–Crippen LogP) is 0.844. The van der Waals surface area contributed by atoms with Crippen LogP contribution in [0.1, 0.15) is 32.3 Å². The molecule has 0 spiro atoms. The molecule has 0 bridgehead atoms. The summed E-state index contributed by atoms with van der Waals surface area (Å²) in [5, 5.41) is 15.2. The summed E-state index contributed by atoms with van der Waals surface area (Å²) in [6.07, 6.45) is 3.17. The molecule has 1 aromatic heterocycles. The summed E-state index contributed by atoms with van der Waals surface area (Å²) in [7, 11) is 0. The van der Waals surface area contributed by atoms with E-state index in [1.807, 2.05) is 13.8 Å². The summed E-state index contributed by atoms with van der Waals surface area (Å²) in [5.41, 5.74) is 6.21.